The lowest BCUT2D eigenvalue weighted by Gasteiger charge is -2.17. The van der Waals surface area contributed by atoms with Crippen molar-refractivity contribution in [2.24, 2.45) is 0 Å². The molecule has 3 aromatic carbocycles. The van der Waals surface area contributed by atoms with E-state index in [9.17, 15) is 9.59 Å². The summed E-state index contributed by atoms with van der Waals surface area (Å²) in [6.45, 7) is 0. The monoisotopic (exact) mass is 507 g/mol. The van der Waals surface area contributed by atoms with Gasteiger partial charge in [-0.25, -0.2) is 4.98 Å². The quantitative estimate of drug-likeness (QED) is 0.261. The van der Waals surface area contributed by atoms with E-state index < -0.39 is 5.25 Å². The van der Waals surface area contributed by atoms with Crippen LogP contribution in [0.4, 0.5) is 11.5 Å². The Morgan fingerprint density at radius 3 is 2.24 bits per heavy atom. The van der Waals surface area contributed by atoms with Gasteiger partial charge in [-0.2, -0.15) is 0 Å². The van der Waals surface area contributed by atoms with Crippen LogP contribution in [0.5, 0.6) is 0 Å². The molecule has 1 unspecified atom stereocenters. The Kier molecular flexibility index (Phi) is 7.85. The van der Waals surface area contributed by atoms with Crippen molar-refractivity contribution in [3.8, 4) is 0 Å². The molecular formula is C26H19Cl2N3O2S. The summed E-state index contributed by atoms with van der Waals surface area (Å²) in [7, 11) is 0. The maximum Gasteiger partial charge on any atom is 0.255 e. The summed E-state index contributed by atoms with van der Waals surface area (Å²) in [6, 6.07) is 26.9. The standard InChI is InChI=1S/C26H19Cl2N3O2S/c27-19-8-4-7-18(15-19)25(32)30-21-10-12-22(13-11-21)34-24(17-5-2-1-3-6-17)26(33)31-23-14-9-20(28)16-29-23/h1-16,24H,(H,30,32)(H,29,31,33). The number of hydrogen-bond donors (Lipinski definition) is 2. The number of pyridine rings is 1. The number of carbonyl (C=O) groups excluding carboxylic acids is 2. The van der Waals surface area contributed by atoms with Crippen LogP contribution in [0.3, 0.4) is 0 Å². The SMILES string of the molecule is O=C(Nc1ccc(SC(C(=O)Nc2ccc(Cl)cn2)c2ccccc2)cc1)c1cccc(Cl)c1. The first-order chi connectivity index (χ1) is 16.5. The maximum atomic E-state index is 13.1. The Bertz CT molecular complexity index is 1280. The molecule has 1 heterocycles. The van der Waals surface area contributed by atoms with Gasteiger partial charge in [0.2, 0.25) is 5.91 Å². The van der Waals surface area contributed by atoms with E-state index in [4.69, 9.17) is 23.2 Å². The van der Waals surface area contributed by atoms with Gasteiger partial charge in [0, 0.05) is 27.4 Å². The number of anilines is 2. The smallest absolute Gasteiger partial charge is 0.255 e. The van der Waals surface area contributed by atoms with Crippen LogP contribution in [0.1, 0.15) is 21.2 Å². The average molecular weight is 508 g/mol. The molecule has 4 aromatic rings. The Morgan fingerprint density at radius 1 is 0.794 bits per heavy atom. The Morgan fingerprint density at radius 2 is 1.56 bits per heavy atom. The second kappa shape index (κ2) is 11.2. The van der Waals surface area contributed by atoms with Crippen molar-refractivity contribution in [3.63, 3.8) is 0 Å². The third kappa shape index (κ3) is 6.38. The van der Waals surface area contributed by atoms with E-state index in [1.165, 1.54) is 18.0 Å². The van der Waals surface area contributed by atoms with Crippen LogP contribution in [-0.2, 0) is 4.79 Å². The highest BCUT2D eigenvalue weighted by Crippen LogP contribution is 2.36. The van der Waals surface area contributed by atoms with E-state index >= 15 is 0 Å². The average Bonchev–Trinajstić information content (AvgIpc) is 2.85. The summed E-state index contributed by atoms with van der Waals surface area (Å²) < 4.78 is 0. The van der Waals surface area contributed by atoms with Gasteiger partial charge in [-0.3, -0.25) is 9.59 Å². The molecule has 0 saturated heterocycles. The fourth-order valence-electron chi connectivity index (χ4n) is 3.13. The predicted molar refractivity (Wildman–Crippen MR) is 139 cm³/mol. The first-order valence-electron chi connectivity index (χ1n) is 10.3. The van der Waals surface area contributed by atoms with E-state index in [2.05, 4.69) is 15.6 Å². The molecule has 2 N–H and O–H groups in total. The van der Waals surface area contributed by atoms with Crippen LogP contribution in [0.2, 0.25) is 10.0 Å². The van der Waals surface area contributed by atoms with Gasteiger partial charge >= 0.3 is 0 Å². The number of amides is 2. The zero-order valence-corrected chi connectivity index (χ0v) is 20.1. The second-order valence-electron chi connectivity index (χ2n) is 7.25. The van der Waals surface area contributed by atoms with Crippen LogP contribution in [0.15, 0.2) is 102 Å². The van der Waals surface area contributed by atoms with Crippen molar-refractivity contribution in [2.45, 2.75) is 10.1 Å². The van der Waals surface area contributed by atoms with Crippen molar-refractivity contribution in [2.75, 3.05) is 10.6 Å². The van der Waals surface area contributed by atoms with Gasteiger partial charge in [0.15, 0.2) is 0 Å². The van der Waals surface area contributed by atoms with E-state index in [1.54, 1.807) is 48.5 Å². The summed E-state index contributed by atoms with van der Waals surface area (Å²) in [5.41, 5.74) is 1.97. The summed E-state index contributed by atoms with van der Waals surface area (Å²) in [5, 5.41) is 6.19. The normalized spacial score (nSPS) is 11.5. The van der Waals surface area contributed by atoms with E-state index in [1.807, 2.05) is 42.5 Å². The highest BCUT2D eigenvalue weighted by molar-refractivity contribution is 8.00. The van der Waals surface area contributed by atoms with Crippen molar-refractivity contribution in [1.82, 2.24) is 4.98 Å². The topological polar surface area (TPSA) is 71.1 Å². The zero-order valence-electron chi connectivity index (χ0n) is 17.7. The van der Waals surface area contributed by atoms with Crippen LogP contribution in [-0.4, -0.2) is 16.8 Å². The number of carbonyl (C=O) groups is 2. The summed E-state index contributed by atoms with van der Waals surface area (Å²) >= 11 is 13.3. The molecule has 0 fully saturated rings. The number of rotatable bonds is 7. The molecule has 0 aliphatic rings. The first-order valence-corrected chi connectivity index (χ1v) is 11.9. The van der Waals surface area contributed by atoms with Gasteiger partial charge in [-0.1, -0.05) is 59.6 Å². The number of benzene rings is 3. The highest BCUT2D eigenvalue weighted by atomic mass is 35.5. The van der Waals surface area contributed by atoms with Gasteiger partial charge in [0.25, 0.3) is 5.91 Å². The molecular weight excluding hydrogens is 489 g/mol. The lowest BCUT2D eigenvalue weighted by Crippen LogP contribution is -2.19. The predicted octanol–water partition coefficient (Wildman–Crippen LogP) is 7.11. The largest absolute Gasteiger partial charge is 0.322 e. The van der Waals surface area contributed by atoms with Crippen LogP contribution >= 0.6 is 35.0 Å². The van der Waals surface area contributed by atoms with Crippen molar-refractivity contribution in [1.29, 1.82) is 0 Å². The molecule has 170 valence electrons. The molecule has 4 rings (SSSR count). The molecule has 0 bridgehead atoms. The fourth-order valence-corrected chi connectivity index (χ4v) is 4.45. The number of halogens is 2. The summed E-state index contributed by atoms with van der Waals surface area (Å²) in [4.78, 5) is 30.6. The number of nitrogens with zero attached hydrogens (tertiary/aromatic N) is 1. The Hall–Kier alpha value is -3.32. The van der Waals surface area contributed by atoms with Gasteiger partial charge in [-0.15, -0.1) is 11.8 Å². The number of thioether (sulfide) groups is 1. The summed E-state index contributed by atoms with van der Waals surface area (Å²) in [6.07, 6.45) is 1.48. The first kappa shape index (κ1) is 23.8. The number of nitrogens with one attached hydrogen (secondary N) is 2. The lowest BCUT2D eigenvalue weighted by atomic mass is 10.1. The molecule has 0 aliphatic heterocycles. The minimum atomic E-state index is -0.509. The Balaban J connectivity index is 1.48. The van der Waals surface area contributed by atoms with Gasteiger partial charge in [0.1, 0.15) is 11.1 Å². The van der Waals surface area contributed by atoms with Crippen molar-refractivity contribution >= 4 is 58.3 Å². The Labute approximate surface area is 211 Å². The van der Waals surface area contributed by atoms with Crippen LogP contribution in [0, 0.1) is 0 Å². The van der Waals surface area contributed by atoms with E-state index in [0.29, 0.717) is 27.1 Å². The highest BCUT2D eigenvalue weighted by Gasteiger charge is 2.22. The molecule has 1 aromatic heterocycles. The van der Waals surface area contributed by atoms with Gasteiger partial charge < -0.3 is 10.6 Å². The third-order valence-corrected chi connectivity index (χ3v) is 6.50. The van der Waals surface area contributed by atoms with Crippen LogP contribution < -0.4 is 10.6 Å². The fraction of sp³-hybridized carbons (Fsp3) is 0.0385. The molecule has 5 nitrogen and oxygen atoms in total. The maximum absolute atomic E-state index is 13.1. The molecule has 0 aliphatic carbocycles. The summed E-state index contributed by atoms with van der Waals surface area (Å²) in [5.74, 6) is -0.0285. The molecule has 2 amide bonds. The number of aromatic nitrogens is 1. The minimum Gasteiger partial charge on any atom is -0.322 e. The molecule has 34 heavy (non-hydrogen) atoms. The molecule has 0 saturated carbocycles. The molecule has 0 spiro atoms. The van der Waals surface area contributed by atoms with Gasteiger partial charge in [-0.05, 0) is 60.2 Å². The van der Waals surface area contributed by atoms with Crippen molar-refractivity contribution < 1.29 is 9.59 Å². The molecule has 1 atom stereocenters. The van der Waals surface area contributed by atoms with Crippen LogP contribution in [0.25, 0.3) is 0 Å². The zero-order chi connectivity index (χ0) is 23.9. The molecule has 0 radical (unpaired) electrons. The lowest BCUT2D eigenvalue weighted by molar-refractivity contribution is -0.115. The third-order valence-electron chi connectivity index (χ3n) is 4.77. The van der Waals surface area contributed by atoms with E-state index in [0.717, 1.165) is 10.5 Å². The van der Waals surface area contributed by atoms with Crippen molar-refractivity contribution in [3.05, 3.63) is 118 Å². The minimum absolute atomic E-state index is 0.204. The second-order valence-corrected chi connectivity index (χ2v) is 9.30. The van der Waals surface area contributed by atoms with Gasteiger partial charge in [0.05, 0.1) is 5.02 Å². The van der Waals surface area contributed by atoms with E-state index in [-0.39, 0.29) is 11.8 Å². The number of hydrogen-bond acceptors (Lipinski definition) is 4. The molecule has 8 heteroatoms.